The molecule has 196 valence electrons. The summed E-state index contributed by atoms with van der Waals surface area (Å²) in [7, 11) is -3.79. The Labute approximate surface area is 224 Å². The highest BCUT2D eigenvalue weighted by molar-refractivity contribution is 7.92. The van der Waals surface area contributed by atoms with Crippen molar-refractivity contribution in [2.45, 2.75) is 38.9 Å². The lowest BCUT2D eigenvalue weighted by atomic mass is 10.0. The van der Waals surface area contributed by atoms with E-state index >= 15 is 0 Å². The fourth-order valence-corrected chi connectivity index (χ4v) is 5.00. The van der Waals surface area contributed by atoms with Gasteiger partial charge in [-0.2, -0.15) is 0 Å². The first-order valence-corrected chi connectivity index (χ1v) is 14.2. The SMILES string of the molecule is CC(C)NC(=O)C(Cc1ccccc1)N(Cc1ccccc1Cl)C(=O)CN(c1ccccc1)S(C)(=O)=O. The second kappa shape index (κ2) is 12.7. The van der Waals surface area contributed by atoms with Crippen LogP contribution >= 0.6 is 11.6 Å². The number of rotatable bonds is 11. The van der Waals surface area contributed by atoms with E-state index < -0.39 is 28.5 Å². The Morgan fingerprint density at radius 1 is 0.892 bits per heavy atom. The second-order valence-corrected chi connectivity index (χ2v) is 11.4. The molecule has 0 spiro atoms. The lowest BCUT2D eigenvalue weighted by Crippen LogP contribution is -2.54. The highest BCUT2D eigenvalue weighted by atomic mass is 35.5. The molecular weight excluding hydrogens is 510 g/mol. The first-order chi connectivity index (χ1) is 17.6. The molecule has 1 unspecified atom stereocenters. The lowest BCUT2D eigenvalue weighted by Gasteiger charge is -2.34. The molecule has 7 nitrogen and oxygen atoms in total. The van der Waals surface area contributed by atoms with Gasteiger partial charge in [-0.1, -0.05) is 78.3 Å². The summed E-state index contributed by atoms with van der Waals surface area (Å²) in [5.41, 5.74) is 1.88. The highest BCUT2D eigenvalue weighted by Gasteiger charge is 2.33. The fraction of sp³-hybridized carbons (Fsp3) is 0.286. The van der Waals surface area contributed by atoms with Crippen molar-refractivity contribution in [2.24, 2.45) is 0 Å². The molecule has 0 bridgehead atoms. The van der Waals surface area contributed by atoms with E-state index in [9.17, 15) is 18.0 Å². The summed E-state index contributed by atoms with van der Waals surface area (Å²) in [5, 5.41) is 3.37. The molecule has 0 aliphatic rings. The van der Waals surface area contributed by atoms with E-state index in [0.717, 1.165) is 16.1 Å². The molecule has 0 aromatic heterocycles. The molecule has 0 radical (unpaired) electrons. The van der Waals surface area contributed by atoms with Crippen molar-refractivity contribution in [1.82, 2.24) is 10.2 Å². The van der Waals surface area contributed by atoms with Crippen LogP contribution in [0.5, 0.6) is 0 Å². The van der Waals surface area contributed by atoms with E-state index in [1.165, 1.54) is 4.90 Å². The van der Waals surface area contributed by atoms with Crippen LogP contribution in [0.25, 0.3) is 0 Å². The molecule has 0 aliphatic carbocycles. The first kappa shape index (κ1) is 28.2. The van der Waals surface area contributed by atoms with Crippen LogP contribution in [0.2, 0.25) is 5.02 Å². The number of hydrogen-bond acceptors (Lipinski definition) is 4. The molecule has 1 atom stereocenters. The smallest absolute Gasteiger partial charge is 0.244 e. The third-order valence-corrected chi connectivity index (χ3v) is 7.23. The van der Waals surface area contributed by atoms with Gasteiger partial charge in [0.1, 0.15) is 12.6 Å². The van der Waals surface area contributed by atoms with Gasteiger partial charge in [0.25, 0.3) is 0 Å². The number of sulfonamides is 1. The summed E-state index contributed by atoms with van der Waals surface area (Å²) in [4.78, 5) is 28.8. The molecule has 0 saturated carbocycles. The molecule has 3 aromatic rings. The summed E-state index contributed by atoms with van der Waals surface area (Å²) in [6, 6.07) is 23.9. The van der Waals surface area contributed by atoms with Crippen LogP contribution < -0.4 is 9.62 Å². The van der Waals surface area contributed by atoms with Crippen molar-refractivity contribution in [3.8, 4) is 0 Å². The van der Waals surface area contributed by atoms with Gasteiger partial charge in [0.2, 0.25) is 21.8 Å². The van der Waals surface area contributed by atoms with Gasteiger partial charge < -0.3 is 10.2 Å². The fourth-order valence-electron chi connectivity index (χ4n) is 3.95. The predicted molar refractivity (Wildman–Crippen MR) is 148 cm³/mol. The number of anilines is 1. The molecule has 9 heteroatoms. The third kappa shape index (κ3) is 8.06. The van der Waals surface area contributed by atoms with Crippen LogP contribution in [0.3, 0.4) is 0 Å². The van der Waals surface area contributed by atoms with Crippen LogP contribution in [0.15, 0.2) is 84.9 Å². The van der Waals surface area contributed by atoms with E-state index in [0.29, 0.717) is 16.3 Å². The minimum Gasteiger partial charge on any atom is -0.352 e. The number of carbonyl (C=O) groups is 2. The van der Waals surface area contributed by atoms with Gasteiger partial charge in [-0.25, -0.2) is 8.42 Å². The van der Waals surface area contributed by atoms with Gasteiger partial charge in [-0.3, -0.25) is 13.9 Å². The standard InChI is InChI=1S/C28H32ClN3O4S/c1-21(2)30-28(34)26(18-22-12-6-4-7-13-22)31(19-23-14-10-11-17-25(23)29)27(33)20-32(37(3,35)36)24-15-8-5-9-16-24/h4-17,21,26H,18-20H2,1-3H3,(H,30,34). The van der Waals surface area contributed by atoms with Crippen LogP contribution in [-0.4, -0.2) is 50.0 Å². The number of nitrogens with zero attached hydrogens (tertiary/aromatic N) is 2. The van der Waals surface area contributed by atoms with Crippen molar-refractivity contribution in [3.63, 3.8) is 0 Å². The Balaban J connectivity index is 2.05. The Kier molecular flexibility index (Phi) is 9.72. The summed E-state index contributed by atoms with van der Waals surface area (Å²) in [6.07, 6.45) is 1.30. The van der Waals surface area contributed by atoms with Crippen LogP contribution in [-0.2, 0) is 32.6 Å². The average molecular weight is 542 g/mol. The van der Waals surface area contributed by atoms with E-state index in [4.69, 9.17) is 11.6 Å². The van der Waals surface area contributed by atoms with Gasteiger partial charge >= 0.3 is 0 Å². The molecule has 1 N–H and O–H groups in total. The number of halogens is 1. The Morgan fingerprint density at radius 2 is 1.46 bits per heavy atom. The maximum absolute atomic E-state index is 13.9. The Morgan fingerprint density at radius 3 is 2.03 bits per heavy atom. The van der Waals surface area contributed by atoms with Gasteiger partial charge in [-0.05, 0) is 43.2 Å². The number of benzene rings is 3. The molecule has 0 aliphatic heterocycles. The molecule has 0 saturated heterocycles. The summed E-state index contributed by atoms with van der Waals surface area (Å²) in [6.45, 7) is 3.26. The number of amides is 2. The molecule has 2 amide bonds. The number of hydrogen-bond donors (Lipinski definition) is 1. The van der Waals surface area contributed by atoms with Crippen LogP contribution in [0, 0.1) is 0 Å². The van der Waals surface area contributed by atoms with Crippen molar-refractivity contribution in [2.75, 3.05) is 17.1 Å². The number of carbonyl (C=O) groups excluding carboxylic acids is 2. The number of para-hydroxylation sites is 1. The minimum absolute atomic E-state index is 0.0356. The monoisotopic (exact) mass is 541 g/mol. The van der Waals surface area contributed by atoms with Crippen molar-refractivity contribution in [3.05, 3.63) is 101 Å². The van der Waals surface area contributed by atoms with Gasteiger partial charge in [0.05, 0.1) is 11.9 Å². The normalized spacial score (nSPS) is 12.1. The van der Waals surface area contributed by atoms with Crippen LogP contribution in [0.1, 0.15) is 25.0 Å². The Hall–Kier alpha value is -3.36. The maximum atomic E-state index is 13.9. The summed E-state index contributed by atoms with van der Waals surface area (Å²) in [5.74, 6) is -0.848. The van der Waals surface area contributed by atoms with Crippen molar-refractivity contribution in [1.29, 1.82) is 0 Å². The van der Waals surface area contributed by atoms with Crippen molar-refractivity contribution < 1.29 is 18.0 Å². The molecule has 3 aromatic carbocycles. The van der Waals surface area contributed by atoms with Gasteiger partial charge in [-0.15, -0.1) is 0 Å². The Bertz CT molecular complexity index is 1300. The van der Waals surface area contributed by atoms with E-state index in [1.807, 2.05) is 44.2 Å². The minimum atomic E-state index is -3.79. The molecule has 0 heterocycles. The van der Waals surface area contributed by atoms with Crippen LogP contribution in [0.4, 0.5) is 5.69 Å². The quantitative estimate of drug-likeness (QED) is 0.393. The van der Waals surface area contributed by atoms with E-state index in [1.54, 1.807) is 54.6 Å². The second-order valence-electron chi connectivity index (χ2n) is 9.09. The zero-order valence-electron chi connectivity index (χ0n) is 21.2. The highest BCUT2D eigenvalue weighted by Crippen LogP contribution is 2.22. The molecular formula is C28H32ClN3O4S. The topological polar surface area (TPSA) is 86.8 Å². The summed E-state index contributed by atoms with van der Waals surface area (Å²) >= 11 is 6.43. The summed E-state index contributed by atoms with van der Waals surface area (Å²) < 4.78 is 26.4. The number of nitrogens with one attached hydrogen (secondary N) is 1. The van der Waals surface area contributed by atoms with Gasteiger partial charge in [0.15, 0.2) is 0 Å². The molecule has 37 heavy (non-hydrogen) atoms. The third-order valence-electron chi connectivity index (χ3n) is 5.72. The molecule has 0 fully saturated rings. The average Bonchev–Trinajstić information content (AvgIpc) is 2.85. The van der Waals surface area contributed by atoms with E-state index in [-0.39, 0.29) is 24.9 Å². The molecule has 3 rings (SSSR count). The first-order valence-electron chi connectivity index (χ1n) is 12.0. The van der Waals surface area contributed by atoms with E-state index in [2.05, 4.69) is 5.32 Å². The van der Waals surface area contributed by atoms with Gasteiger partial charge in [0, 0.05) is 24.0 Å². The zero-order valence-corrected chi connectivity index (χ0v) is 22.7. The van der Waals surface area contributed by atoms with Crippen molar-refractivity contribution >= 4 is 39.1 Å². The predicted octanol–water partition coefficient (Wildman–Crippen LogP) is 4.27. The largest absolute Gasteiger partial charge is 0.352 e. The zero-order chi connectivity index (χ0) is 27.0. The maximum Gasteiger partial charge on any atom is 0.244 e. The lowest BCUT2D eigenvalue weighted by molar-refractivity contribution is -0.140.